The minimum Gasteiger partial charge on any atom is -0.325 e. The average molecular weight is 216 g/mol. The number of nitrogens with two attached hydrogens (primary N) is 1. The number of imidazole rings is 1. The summed E-state index contributed by atoms with van der Waals surface area (Å²) in [6, 6.07) is 0. The lowest BCUT2D eigenvalue weighted by molar-refractivity contribution is 0.0952. The summed E-state index contributed by atoms with van der Waals surface area (Å²) in [6.45, 7) is 3.62. The third-order valence-electron chi connectivity index (χ3n) is 1.83. The van der Waals surface area contributed by atoms with Crippen molar-refractivity contribution in [3.8, 4) is 0 Å². The molecule has 0 bridgehead atoms. The molecule has 78 valence electrons. The van der Waals surface area contributed by atoms with Crippen LogP contribution in [-0.2, 0) is 7.05 Å². The molecule has 0 saturated carbocycles. The van der Waals surface area contributed by atoms with Gasteiger partial charge in [-0.1, -0.05) is 0 Å². The third kappa shape index (κ3) is 2.56. The zero-order valence-electron chi connectivity index (χ0n) is 8.54. The maximum Gasteiger partial charge on any atom is 0.202 e. The van der Waals surface area contributed by atoms with E-state index in [4.69, 9.17) is 17.3 Å². The lowest BCUT2D eigenvalue weighted by Crippen LogP contribution is -2.35. The molecule has 0 fully saturated rings. The zero-order chi connectivity index (χ0) is 10.9. The molecule has 0 aromatic carbocycles. The van der Waals surface area contributed by atoms with Gasteiger partial charge in [0.1, 0.15) is 5.69 Å². The number of nitrogens with zero attached hydrogens (tertiary/aromatic N) is 2. The number of carbonyl (C=O) groups is 1. The molecular formula is C9H14ClN3O. The summed E-state index contributed by atoms with van der Waals surface area (Å²) in [5.74, 6) is -0.0422. The molecule has 1 aromatic rings. The zero-order valence-corrected chi connectivity index (χ0v) is 9.30. The van der Waals surface area contributed by atoms with E-state index in [1.165, 1.54) is 6.20 Å². The quantitative estimate of drug-likeness (QED) is 0.775. The Labute approximate surface area is 88.1 Å². The van der Waals surface area contributed by atoms with Crippen LogP contribution in [0.3, 0.4) is 0 Å². The van der Waals surface area contributed by atoms with Crippen molar-refractivity contribution < 1.29 is 4.79 Å². The Morgan fingerprint density at radius 2 is 2.29 bits per heavy atom. The fraction of sp³-hybridized carbons (Fsp3) is 0.556. The number of carbonyl (C=O) groups excluding carboxylic acids is 1. The van der Waals surface area contributed by atoms with Crippen LogP contribution >= 0.6 is 11.6 Å². The van der Waals surface area contributed by atoms with Crippen LogP contribution < -0.4 is 5.73 Å². The van der Waals surface area contributed by atoms with E-state index in [1.54, 1.807) is 11.6 Å². The number of rotatable bonds is 3. The highest BCUT2D eigenvalue weighted by atomic mass is 35.5. The molecule has 0 aliphatic carbocycles. The van der Waals surface area contributed by atoms with Crippen LogP contribution in [0.2, 0.25) is 5.28 Å². The molecule has 1 rings (SSSR count). The molecule has 0 spiro atoms. The number of hydrogen-bond donors (Lipinski definition) is 1. The number of hydrogen-bond acceptors (Lipinski definition) is 3. The Bertz CT molecular complexity index is 351. The summed E-state index contributed by atoms with van der Waals surface area (Å²) in [6.07, 6.45) is 1.75. The Morgan fingerprint density at radius 3 is 2.64 bits per heavy atom. The van der Waals surface area contributed by atoms with Crippen LogP contribution in [0.5, 0.6) is 0 Å². The lowest BCUT2D eigenvalue weighted by atomic mass is 9.98. The number of halogens is 1. The van der Waals surface area contributed by atoms with Crippen molar-refractivity contribution in [1.29, 1.82) is 0 Å². The van der Waals surface area contributed by atoms with E-state index in [0.717, 1.165) is 0 Å². The second-order valence-corrected chi connectivity index (χ2v) is 4.40. The van der Waals surface area contributed by atoms with Crippen LogP contribution in [-0.4, -0.2) is 20.9 Å². The van der Waals surface area contributed by atoms with E-state index < -0.39 is 5.54 Å². The molecule has 0 unspecified atom stereocenters. The molecule has 0 amide bonds. The topological polar surface area (TPSA) is 60.9 Å². The van der Waals surface area contributed by atoms with Gasteiger partial charge in [0.05, 0.1) is 6.20 Å². The maximum absolute atomic E-state index is 11.7. The molecule has 1 aromatic heterocycles. The van der Waals surface area contributed by atoms with Crippen molar-refractivity contribution >= 4 is 17.4 Å². The summed E-state index contributed by atoms with van der Waals surface area (Å²) in [7, 11) is 1.70. The van der Waals surface area contributed by atoms with Crippen molar-refractivity contribution in [1.82, 2.24) is 9.55 Å². The SMILES string of the molecule is Cn1c(C(=O)CC(C)(C)N)cnc1Cl. The largest absolute Gasteiger partial charge is 0.325 e. The van der Waals surface area contributed by atoms with Gasteiger partial charge in [0, 0.05) is 19.0 Å². The first-order valence-corrected chi connectivity index (χ1v) is 4.68. The van der Waals surface area contributed by atoms with Gasteiger partial charge < -0.3 is 10.3 Å². The van der Waals surface area contributed by atoms with E-state index in [1.807, 2.05) is 13.8 Å². The fourth-order valence-corrected chi connectivity index (χ4v) is 1.29. The fourth-order valence-electron chi connectivity index (χ4n) is 1.15. The van der Waals surface area contributed by atoms with Crippen LogP contribution in [0.4, 0.5) is 0 Å². The van der Waals surface area contributed by atoms with E-state index in [9.17, 15) is 4.79 Å². The number of Topliss-reactive ketones (excluding diaryl/α,β-unsaturated/α-hetero) is 1. The van der Waals surface area contributed by atoms with Crippen LogP contribution in [0.15, 0.2) is 6.20 Å². The van der Waals surface area contributed by atoms with Crippen LogP contribution in [0.25, 0.3) is 0 Å². The summed E-state index contributed by atoms with van der Waals surface area (Å²) < 4.78 is 1.55. The second kappa shape index (κ2) is 3.71. The maximum atomic E-state index is 11.7. The van der Waals surface area contributed by atoms with Crippen LogP contribution in [0, 0.1) is 0 Å². The first kappa shape index (κ1) is 11.2. The van der Waals surface area contributed by atoms with Crippen molar-refractivity contribution in [2.24, 2.45) is 12.8 Å². The standard InChI is InChI=1S/C9H14ClN3O/c1-9(2,11)4-7(14)6-5-12-8(10)13(6)3/h5H,4,11H2,1-3H3. The van der Waals surface area contributed by atoms with Gasteiger partial charge in [-0.05, 0) is 25.4 Å². The Hall–Kier alpha value is -0.870. The van der Waals surface area contributed by atoms with Gasteiger partial charge in [-0.2, -0.15) is 0 Å². The minimum absolute atomic E-state index is 0.0422. The van der Waals surface area contributed by atoms with Crippen molar-refractivity contribution in [2.75, 3.05) is 0 Å². The Kier molecular flexibility index (Phi) is 2.97. The Balaban J connectivity index is 2.86. The first-order valence-electron chi connectivity index (χ1n) is 4.30. The third-order valence-corrected chi connectivity index (χ3v) is 2.18. The molecule has 4 nitrogen and oxygen atoms in total. The molecule has 0 atom stereocenters. The van der Waals surface area contributed by atoms with Gasteiger partial charge in [0.15, 0.2) is 5.78 Å². The van der Waals surface area contributed by atoms with E-state index >= 15 is 0 Å². The molecule has 2 N–H and O–H groups in total. The van der Waals surface area contributed by atoms with Crippen molar-refractivity contribution in [3.63, 3.8) is 0 Å². The van der Waals surface area contributed by atoms with Gasteiger partial charge in [0.25, 0.3) is 0 Å². The monoisotopic (exact) mass is 215 g/mol. The normalized spacial score (nSPS) is 11.8. The first-order chi connectivity index (χ1) is 6.31. The molecule has 0 saturated heterocycles. The second-order valence-electron chi connectivity index (χ2n) is 4.06. The molecule has 1 heterocycles. The van der Waals surface area contributed by atoms with E-state index in [2.05, 4.69) is 4.98 Å². The highest BCUT2D eigenvalue weighted by molar-refractivity contribution is 6.28. The molecule has 0 aliphatic rings. The summed E-state index contributed by atoms with van der Waals surface area (Å²) >= 11 is 5.71. The van der Waals surface area contributed by atoms with E-state index in [0.29, 0.717) is 11.0 Å². The van der Waals surface area contributed by atoms with Gasteiger partial charge in [-0.3, -0.25) is 4.79 Å². The molecule has 0 aliphatic heterocycles. The minimum atomic E-state index is -0.506. The highest BCUT2D eigenvalue weighted by Crippen LogP contribution is 2.14. The van der Waals surface area contributed by atoms with Gasteiger partial charge in [-0.25, -0.2) is 4.98 Å². The average Bonchev–Trinajstić information content (AvgIpc) is 2.29. The predicted octanol–water partition coefficient (Wildman–Crippen LogP) is 1.38. The van der Waals surface area contributed by atoms with Crippen LogP contribution in [0.1, 0.15) is 30.8 Å². The van der Waals surface area contributed by atoms with Gasteiger partial charge in [0.2, 0.25) is 5.28 Å². The smallest absolute Gasteiger partial charge is 0.202 e. The molecule has 0 radical (unpaired) electrons. The molecule has 5 heteroatoms. The predicted molar refractivity (Wildman–Crippen MR) is 55.4 cm³/mol. The molecule has 14 heavy (non-hydrogen) atoms. The van der Waals surface area contributed by atoms with Crippen molar-refractivity contribution in [2.45, 2.75) is 25.8 Å². The highest BCUT2D eigenvalue weighted by Gasteiger charge is 2.20. The Morgan fingerprint density at radius 1 is 1.71 bits per heavy atom. The van der Waals surface area contributed by atoms with E-state index in [-0.39, 0.29) is 12.2 Å². The lowest BCUT2D eigenvalue weighted by Gasteiger charge is -2.16. The van der Waals surface area contributed by atoms with Gasteiger partial charge in [-0.15, -0.1) is 0 Å². The van der Waals surface area contributed by atoms with Crippen molar-refractivity contribution in [3.05, 3.63) is 17.2 Å². The number of aromatic nitrogens is 2. The summed E-state index contributed by atoms with van der Waals surface area (Å²) in [5.41, 5.74) is 5.73. The molecular weight excluding hydrogens is 202 g/mol. The summed E-state index contributed by atoms with van der Waals surface area (Å²) in [4.78, 5) is 15.5. The van der Waals surface area contributed by atoms with Gasteiger partial charge >= 0.3 is 0 Å². The number of ketones is 1. The summed E-state index contributed by atoms with van der Waals surface area (Å²) in [5, 5.41) is 0.308.